The van der Waals surface area contributed by atoms with Crippen LogP contribution in [0.2, 0.25) is 0 Å². The van der Waals surface area contributed by atoms with Gasteiger partial charge in [0, 0.05) is 39.2 Å². The molecule has 1 aromatic rings. The normalized spacial score (nSPS) is 29.7. The molecule has 2 aliphatic carbocycles. The molecule has 1 N–H and O–H groups in total. The molecular weight excluding hydrogens is 474 g/mol. The van der Waals surface area contributed by atoms with E-state index in [-0.39, 0.29) is 11.0 Å². The maximum atomic E-state index is 13.4. The van der Waals surface area contributed by atoms with Crippen LogP contribution in [0.25, 0.3) is 0 Å². The van der Waals surface area contributed by atoms with Crippen LogP contribution >= 0.6 is 11.8 Å². The first kappa shape index (κ1) is 25.7. The van der Waals surface area contributed by atoms with Crippen molar-refractivity contribution >= 4 is 34.7 Å². The van der Waals surface area contributed by atoms with Crippen LogP contribution in [0.15, 0.2) is 30.3 Å². The van der Waals surface area contributed by atoms with E-state index in [1.165, 1.54) is 20.8 Å². The highest BCUT2D eigenvalue weighted by Gasteiger charge is 2.63. The number of benzene rings is 1. The molecule has 35 heavy (non-hydrogen) atoms. The predicted octanol–water partition coefficient (Wildman–Crippen LogP) is 2.81. The Balaban J connectivity index is 1.64. The standard InChI is InChI=1S/C25H31NO8S/c1-14(27)26-18-20(32-24(30)19(31-15(2)28)17-10-6-4-7-11-17)21-22(23(18)35-16(3)29)34-25(33-21)12-8-5-9-13-25/h4,6-7,10-11,18-23H,5,8-9,12-13H2,1-3H3,(H,26,27)/t18-,19+,20+,21+,22+,23+/m1/s1. The van der Waals surface area contributed by atoms with E-state index in [9.17, 15) is 19.2 Å². The molecule has 3 aliphatic rings. The molecule has 1 heterocycles. The second-order valence-electron chi connectivity index (χ2n) is 9.24. The maximum Gasteiger partial charge on any atom is 0.352 e. The quantitative estimate of drug-likeness (QED) is 0.582. The minimum atomic E-state index is -1.28. The Labute approximate surface area is 208 Å². The van der Waals surface area contributed by atoms with Crippen LogP contribution in [0.3, 0.4) is 0 Å². The number of esters is 2. The molecule has 1 aromatic carbocycles. The predicted molar refractivity (Wildman–Crippen MR) is 126 cm³/mol. The van der Waals surface area contributed by atoms with Gasteiger partial charge in [-0.25, -0.2) is 4.79 Å². The fourth-order valence-corrected chi connectivity index (χ4v) is 6.30. The van der Waals surface area contributed by atoms with Crippen LogP contribution in [-0.4, -0.2) is 58.4 Å². The summed E-state index contributed by atoms with van der Waals surface area (Å²) >= 11 is 1.05. The number of ether oxygens (including phenoxy) is 4. The van der Waals surface area contributed by atoms with E-state index in [1.807, 2.05) is 0 Å². The van der Waals surface area contributed by atoms with Crippen molar-refractivity contribution in [3.8, 4) is 0 Å². The molecule has 0 aromatic heterocycles. The molecule has 0 unspecified atom stereocenters. The molecule has 3 fully saturated rings. The summed E-state index contributed by atoms with van der Waals surface area (Å²) in [4.78, 5) is 49.3. The number of thioether (sulfide) groups is 1. The van der Waals surface area contributed by atoms with Crippen LogP contribution in [0.1, 0.15) is 64.5 Å². The number of carbonyl (C=O) groups is 4. The molecule has 1 spiro atoms. The Morgan fingerprint density at radius 2 is 1.66 bits per heavy atom. The highest BCUT2D eigenvalue weighted by Crippen LogP contribution is 2.49. The molecule has 1 saturated heterocycles. The molecular formula is C25H31NO8S. The number of carbonyl (C=O) groups excluding carboxylic acids is 4. The van der Waals surface area contributed by atoms with Gasteiger partial charge in [-0.1, -0.05) is 48.5 Å². The summed E-state index contributed by atoms with van der Waals surface area (Å²) in [5.74, 6) is -2.54. The van der Waals surface area contributed by atoms with Gasteiger partial charge in [0.25, 0.3) is 0 Å². The van der Waals surface area contributed by atoms with Crippen molar-refractivity contribution < 1.29 is 38.1 Å². The molecule has 2 saturated carbocycles. The van der Waals surface area contributed by atoms with E-state index in [0.29, 0.717) is 18.4 Å². The van der Waals surface area contributed by atoms with E-state index < -0.39 is 53.4 Å². The van der Waals surface area contributed by atoms with Crippen LogP contribution in [0.4, 0.5) is 0 Å². The average Bonchev–Trinajstić information content (AvgIpc) is 3.27. The van der Waals surface area contributed by atoms with Gasteiger partial charge in [-0.05, 0) is 12.8 Å². The highest BCUT2D eigenvalue weighted by molar-refractivity contribution is 8.14. The average molecular weight is 506 g/mol. The number of fused-ring (bicyclic) bond motifs is 1. The zero-order valence-electron chi connectivity index (χ0n) is 20.1. The lowest BCUT2D eigenvalue weighted by molar-refractivity contribution is -0.212. The number of nitrogens with one attached hydrogen (secondary N) is 1. The summed E-state index contributed by atoms with van der Waals surface area (Å²) in [6.07, 6.45) is 0.959. The molecule has 1 amide bonds. The van der Waals surface area contributed by atoms with Gasteiger partial charge in [0.15, 0.2) is 17.0 Å². The second-order valence-corrected chi connectivity index (χ2v) is 10.6. The van der Waals surface area contributed by atoms with Gasteiger partial charge in [0.1, 0.15) is 12.2 Å². The van der Waals surface area contributed by atoms with E-state index in [1.54, 1.807) is 30.3 Å². The fourth-order valence-electron chi connectivity index (χ4n) is 5.20. The monoisotopic (exact) mass is 505 g/mol. The molecule has 190 valence electrons. The largest absolute Gasteiger partial charge is 0.454 e. The van der Waals surface area contributed by atoms with Gasteiger partial charge < -0.3 is 24.3 Å². The number of rotatable bonds is 6. The molecule has 9 nitrogen and oxygen atoms in total. The third kappa shape index (κ3) is 5.70. The first-order chi connectivity index (χ1) is 16.7. The first-order valence-corrected chi connectivity index (χ1v) is 12.8. The zero-order valence-corrected chi connectivity index (χ0v) is 20.9. The Morgan fingerprint density at radius 1 is 1.00 bits per heavy atom. The lowest BCUT2D eigenvalue weighted by atomic mass is 9.94. The zero-order chi connectivity index (χ0) is 25.2. The molecule has 10 heteroatoms. The molecule has 4 rings (SSSR count). The summed E-state index contributed by atoms with van der Waals surface area (Å²) in [5.41, 5.74) is 0.459. The first-order valence-electron chi connectivity index (χ1n) is 11.9. The maximum absolute atomic E-state index is 13.4. The van der Waals surface area contributed by atoms with Crippen LogP contribution in [-0.2, 0) is 38.1 Å². The Kier molecular flexibility index (Phi) is 7.83. The molecule has 1 aliphatic heterocycles. The highest BCUT2D eigenvalue weighted by atomic mass is 32.2. The third-order valence-corrected chi connectivity index (χ3v) is 7.69. The summed E-state index contributed by atoms with van der Waals surface area (Å²) in [7, 11) is 0. The Morgan fingerprint density at radius 3 is 2.26 bits per heavy atom. The number of hydrogen-bond donors (Lipinski definition) is 1. The minimum absolute atomic E-state index is 0.147. The number of amides is 1. The van der Waals surface area contributed by atoms with Crippen LogP contribution < -0.4 is 5.32 Å². The van der Waals surface area contributed by atoms with Crippen molar-refractivity contribution in [1.82, 2.24) is 5.32 Å². The summed E-state index contributed by atoms with van der Waals surface area (Å²) in [6, 6.07) is 7.84. The van der Waals surface area contributed by atoms with Crippen molar-refractivity contribution in [3.63, 3.8) is 0 Å². The van der Waals surface area contributed by atoms with Gasteiger partial charge in [0.2, 0.25) is 12.0 Å². The third-order valence-electron chi connectivity index (χ3n) is 6.52. The van der Waals surface area contributed by atoms with Crippen molar-refractivity contribution in [2.75, 3.05) is 0 Å². The summed E-state index contributed by atoms with van der Waals surface area (Å²) in [6.45, 7) is 4.02. The van der Waals surface area contributed by atoms with E-state index in [2.05, 4.69) is 5.32 Å². The summed E-state index contributed by atoms with van der Waals surface area (Å²) < 4.78 is 24.1. The fraction of sp³-hybridized carbons (Fsp3) is 0.600. The lowest BCUT2D eigenvalue weighted by Gasteiger charge is -2.36. The number of hydrogen-bond acceptors (Lipinski definition) is 9. The minimum Gasteiger partial charge on any atom is -0.454 e. The smallest absolute Gasteiger partial charge is 0.352 e. The molecule has 0 bridgehead atoms. The topological polar surface area (TPSA) is 117 Å². The molecule has 6 atom stereocenters. The van der Waals surface area contributed by atoms with Crippen molar-refractivity contribution in [2.24, 2.45) is 0 Å². The van der Waals surface area contributed by atoms with Gasteiger partial charge in [-0.3, -0.25) is 14.4 Å². The van der Waals surface area contributed by atoms with E-state index in [4.69, 9.17) is 18.9 Å². The van der Waals surface area contributed by atoms with Crippen molar-refractivity contribution in [2.45, 2.75) is 94.4 Å². The Bertz CT molecular complexity index is 963. The lowest BCUT2D eigenvalue weighted by Crippen LogP contribution is -2.51. The van der Waals surface area contributed by atoms with E-state index >= 15 is 0 Å². The summed E-state index contributed by atoms with van der Waals surface area (Å²) in [5, 5.41) is 2.18. The van der Waals surface area contributed by atoms with Gasteiger partial charge in [-0.2, -0.15) is 0 Å². The second kappa shape index (κ2) is 10.7. The van der Waals surface area contributed by atoms with Crippen molar-refractivity contribution in [1.29, 1.82) is 0 Å². The van der Waals surface area contributed by atoms with Gasteiger partial charge >= 0.3 is 11.9 Å². The molecule has 0 radical (unpaired) electrons. The van der Waals surface area contributed by atoms with Crippen LogP contribution in [0, 0.1) is 0 Å². The van der Waals surface area contributed by atoms with Crippen LogP contribution in [0.5, 0.6) is 0 Å². The Hall–Kier alpha value is -2.43. The van der Waals surface area contributed by atoms with Crippen molar-refractivity contribution in [3.05, 3.63) is 35.9 Å². The van der Waals surface area contributed by atoms with E-state index in [0.717, 1.165) is 31.0 Å². The van der Waals surface area contributed by atoms with Gasteiger partial charge in [-0.15, -0.1) is 0 Å². The van der Waals surface area contributed by atoms with Gasteiger partial charge in [0.05, 0.1) is 11.3 Å². The SMILES string of the molecule is CC(=O)N[C@@H]1[C@H](OC(=O)[C@@H](OC(C)=O)c2ccccc2)[C@@H]2OC3(CCCCC3)O[C@@H]2[C@H]1SC(C)=O.